The van der Waals surface area contributed by atoms with E-state index in [-0.39, 0.29) is 54.8 Å². The first-order valence-electron chi connectivity index (χ1n) is 4.15. The van der Waals surface area contributed by atoms with Crippen molar-refractivity contribution in [3.05, 3.63) is 34.9 Å². The molecular weight excluding hydrogens is 275 g/mol. The molecule has 0 aliphatic rings. The smallest absolute Gasteiger partial charge is 1.00 e. The van der Waals surface area contributed by atoms with Gasteiger partial charge in [0, 0.05) is 11.4 Å². The van der Waals surface area contributed by atoms with E-state index in [1.165, 1.54) is 0 Å². The van der Waals surface area contributed by atoms with Crippen LogP contribution >= 0.6 is 11.6 Å². The van der Waals surface area contributed by atoms with Crippen molar-refractivity contribution in [2.24, 2.45) is 0 Å². The quantitative estimate of drug-likeness (QED) is 0.865. The molecule has 74 valence electrons. The summed E-state index contributed by atoms with van der Waals surface area (Å²) < 4.78 is 0. The molecule has 0 aliphatic carbocycles. The monoisotopic (exact) mass is 288 g/mol. The molecule has 4 heteroatoms. The Morgan fingerprint density at radius 3 is 2.43 bits per heavy atom. The number of benzene rings is 1. The molecule has 1 aromatic rings. The molecular formula is C10H13ClO2Sr. The van der Waals surface area contributed by atoms with Crippen LogP contribution in [0.5, 0.6) is 0 Å². The fourth-order valence-corrected chi connectivity index (χ4v) is 1.22. The van der Waals surface area contributed by atoms with Crippen LogP contribution in [0.2, 0.25) is 5.02 Å². The largest absolute Gasteiger partial charge is 2.00 e. The summed E-state index contributed by atoms with van der Waals surface area (Å²) in [6.45, 7) is 0. The Bertz CT molecular complexity index is 293. The molecule has 0 saturated heterocycles. The topological polar surface area (TPSA) is 37.3 Å². The predicted octanol–water partition coefficient (Wildman–Crippen LogP) is 2.59. The molecule has 0 spiro atoms. The number of aryl methyl sites for hydroxylation is 1. The van der Waals surface area contributed by atoms with Crippen molar-refractivity contribution in [2.45, 2.75) is 19.3 Å². The van der Waals surface area contributed by atoms with E-state index in [9.17, 15) is 4.79 Å². The van der Waals surface area contributed by atoms with Crippen molar-refractivity contribution in [1.29, 1.82) is 0 Å². The van der Waals surface area contributed by atoms with E-state index in [0.29, 0.717) is 11.4 Å². The molecule has 0 bridgehead atoms. The summed E-state index contributed by atoms with van der Waals surface area (Å²) >= 11 is 5.70. The van der Waals surface area contributed by atoms with Crippen molar-refractivity contribution < 1.29 is 12.8 Å². The Kier molecular flexibility index (Phi) is 7.97. The Morgan fingerprint density at radius 1 is 1.36 bits per heavy atom. The first kappa shape index (κ1) is 14.5. The maximum absolute atomic E-state index is 10.2. The van der Waals surface area contributed by atoms with E-state index < -0.39 is 5.97 Å². The van der Waals surface area contributed by atoms with Gasteiger partial charge >= 0.3 is 51.5 Å². The normalized spacial score (nSPS) is 9.21. The van der Waals surface area contributed by atoms with Gasteiger partial charge in [-0.1, -0.05) is 23.7 Å². The second-order valence-electron chi connectivity index (χ2n) is 2.87. The van der Waals surface area contributed by atoms with Crippen LogP contribution in [0.25, 0.3) is 0 Å². The minimum Gasteiger partial charge on any atom is -1.00 e. The van der Waals surface area contributed by atoms with Gasteiger partial charge in [-0.25, -0.2) is 0 Å². The molecule has 0 aliphatic heterocycles. The summed E-state index contributed by atoms with van der Waals surface area (Å²) in [7, 11) is 0. The van der Waals surface area contributed by atoms with Gasteiger partial charge in [-0.2, -0.15) is 0 Å². The molecule has 1 rings (SSSR count). The number of rotatable bonds is 4. The van der Waals surface area contributed by atoms with E-state index in [0.717, 1.165) is 12.0 Å². The van der Waals surface area contributed by atoms with Gasteiger partial charge in [-0.05, 0) is 30.5 Å². The second kappa shape index (κ2) is 7.71. The third kappa shape index (κ3) is 6.04. The third-order valence-corrected chi connectivity index (χ3v) is 2.02. The van der Waals surface area contributed by atoms with Gasteiger partial charge in [-0.3, -0.25) is 4.79 Å². The third-order valence-electron chi connectivity index (χ3n) is 1.77. The maximum atomic E-state index is 10.2. The molecule has 14 heavy (non-hydrogen) atoms. The van der Waals surface area contributed by atoms with E-state index >= 15 is 0 Å². The Morgan fingerprint density at radius 2 is 1.93 bits per heavy atom. The SMILES string of the molecule is O=C(O)CCCc1ccc(Cl)cc1.[H-].[H-].[Sr+2]. The van der Waals surface area contributed by atoms with E-state index in [1.54, 1.807) is 0 Å². The van der Waals surface area contributed by atoms with Gasteiger partial charge in [0.2, 0.25) is 0 Å². The van der Waals surface area contributed by atoms with E-state index in [2.05, 4.69) is 0 Å². The molecule has 2 nitrogen and oxygen atoms in total. The number of carbonyl (C=O) groups is 1. The number of aliphatic carboxylic acids is 1. The number of hydrogen-bond acceptors (Lipinski definition) is 1. The summed E-state index contributed by atoms with van der Waals surface area (Å²) in [5, 5.41) is 9.12. The van der Waals surface area contributed by atoms with E-state index in [1.807, 2.05) is 24.3 Å². The van der Waals surface area contributed by atoms with Crippen LogP contribution in [-0.2, 0) is 11.2 Å². The fraction of sp³-hybridized carbons (Fsp3) is 0.300. The number of carboxylic acid groups (broad SMARTS) is 1. The van der Waals surface area contributed by atoms with Crippen molar-refractivity contribution >= 4 is 63.1 Å². The minimum atomic E-state index is -0.742. The first-order valence-corrected chi connectivity index (χ1v) is 4.52. The predicted molar refractivity (Wildman–Crippen MR) is 60.0 cm³/mol. The molecule has 0 radical (unpaired) electrons. The Balaban J connectivity index is -0.000000563. The summed E-state index contributed by atoms with van der Waals surface area (Å²) in [5.41, 5.74) is 1.13. The second-order valence-corrected chi connectivity index (χ2v) is 3.31. The summed E-state index contributed by atoms with van der Waals surface area (Å²) in [6, 6.07) is 7.48. The van der Waals surface area contributed by atoms with E-state index in [4.69, 9.17) is 16.7 Å². The first-order chi connectivity index (χ1) is 6.18. The van der Waals surface area contributed by atoms with Gasteiger partial charge in [0.15, 0.2) is 0 Å². The number of carboxylic acids is 1. The molecule has 0 unspecified atom stereocenters. The summed E-state index contributed by atoms with van der Waals surface area (Å²) in [6.07, 6.45) is 1.70. The zero-order valence-corrected chi connectivity index (χ0v) is 12.1. The average molecular weight is 288 g/mol. The molecule has 0 heterocycles. The van der Waals surface area contributed by atoms with Crippen LogP contribution in [0.4, 0.5) is 0 Å². The van der Waals surface area contributed by atoms with Crippen LogP contribution in [0.3, 0.4) is 0 Å². The van der Waals surface area contributed by atoms with Gasteiger partial charge in [0.25, 0.3) is 0 Å². The molecule has 0 amide bonds. The summed E-state index contributed by atoms with van der Waals surface area (Å²) in [5.74, 6) is -0.742. The van der Waals surface area contributed by atoms with Crippen molar-refractivity contribution in [3.63, 3.8) is 0 Å². The maximum Gasteiger partial charge on any atom is 2.00 e. The van der Waals surface area contributed by atoms with Gasteiger partial charge in [-0.15, -0.1) is 0 Å². The number of halogens is 1. The van der Waals surface area contributed by atoms with Crippen LogP contribution in [0.1, 0.15) is 21.3 Å². The molecule has 0 saturated carbocycles. The van der Waals surface area contributed by atoms with Crippen LogP contribution in [0.15, 0.2) is 24.3 Å². The molecule has 0 fully saturated rings. The van der Waals surface area contributed by atoms with Crippen LogP contribution < -0.4 is 0 Å². The average Bonchev–Trinajstić information content (AvgIpc) is 2.08. The Hall–Kier alpha value is 0.461. The van der Waals surface area contributed by atoms with Gasteiger partial charge in [0.1, 0.15) is 0 Å². The molecule has 1 N–H and O–H groups in total. The molecule has 0 atom stereocenters. The zero-order valence-electron chi connectivity index (χ0n) is 9.87. The van der Waals surface area contributed by atoms with Crippen molar-refractivity contribution in [2.75, 3.05) is 0 Å². The Labute approximate surface area is 129 Å². The van der Waals surface area contributed by atoms with Crippen LogP contribution in [-0.4, -0.2) is 56.6 Å². The van der Waals surface area contributed by atoms with Crippen molar-refractivity contribution in [3.8, 4) is 0 Å². The molecule has 0 aromatic heterocycles. The zero-order chi connectivity index (χ0) is 9.68. The number of hydrogen-bond donors (Lipinski definition) is 1. The van der Waals surface area contributed by atoms with Gasteiger partial charge < -0.3 is 7.96 Å². The molecule has 1 aromatic carbocycles. The minimum absolute atomic E-state index is 0. The summed E-state index contributed by atoms with van der Waals surface area (Å²) in [4.78, 5) is 10.2. The standard InChI is InChI=1S/C10H11ClO2.Sr.2H/c11-9-6-4-8(5-7-9)2-1-3-10(12)13;;;/h4-7H,1-3H2,(H,12,13);;;/q;+2;2*-1. The van der Waals surface area contributed by atoms with Gasteiger partial charge in [0.05, 0.1) is 0 Å². The fourth-order valence-electron chi connectivity index (χ4n) is 1.09. The van der Waals surface area contributed by atoms with Crippen LogP contribution in [0, 0.1) is 0 Å². The van der Waals surface area contributed by atoms with Crippen molar-refractivity contribution in [1.82, 2.24) is 0 Å².